The van der Waals surface area contributed by atoms with Crippen LogP contribution in [0.15, 0.2) is 0 Å². The molecule has 0 aliphatic heterocycles. The Kier molecular flexibility index (Phi) is 3.15. The summed E-state index contributed by atoms with van der Waals surface area (Å²) >= 11 is 0. The highest BCUT2D eigenvalue weighted by atomic mass is 16.2. The van der Waals surface area contributed by atoms with Crippen molar-refractivity contribution in [3.8, 4) is 0 Å². The molecule has 1 fully saturated rings. The van der Waals surface area contributed by atoms with Crippen molar-refractivity contribution in [3.63, 3.8) is 0 Å². The van der Waals surface area contributed by atoms with Crippen molar-refractivity contribution < 1.29 is 4.79 Å². The Balaban J connectivity index is 2.48. The van der Waals surface area contributed by atoms with Gasteiger partial charge in [-0.2, -0.15) is 0 Å². The van der Waals surface area contributed by atoms with E-state index >= 15 is 0 Å². The van der Waals surface area contributed by atoms with Crippen LogP contribution in [0.5, 0.6) is 0 Å². The Bertz CT molecular complexity index is 244. The second-order valence-electron chi connectivity index (χ2n) is 5.66. The average Bonchev–Trinajstić information content (AvgIpc) is 2.48. The summed E-state index contributed by atoms with van der Waals surface area (Å²) < 4.78 is 0. The van der Waals surface area contributed by atoms with Crippen LogP contribution in [0.3, 0.4) is 0 Å². The van der Waals surface area contributed by atoms with E-state index in [0.717, 1.165) is 0 Å². The van der Waals surface area contributed by atoms with E-state index in [2.05, 4.69) is 38.3 Å². The number of hydrogen-bond acceptors (Lipinski definition) is 2. The number of carbonyl (C=O) groups excluding carboxylic acids is 1. The van der Waals surface area contributed by atoms with Gasteiger partial charge in [0, 0.05) is 12.6 Å². The van der Waals surface area contributed by atoms with Gasteiger partial charge in [-0.15, -0.1) is 0 Å². The van der Waals surface area contributed by atoms with Crippen LogP contribution in [0, 0.1) is 10.8 Å². The van der Waals surface area contributed by atoms with Crippen molar-refractivity contribution in [2.75, 3.05) is 6.54 Å². The normalized spacial score (nSPS) is 24.7. The van der Waals surface area contributed by atoms with Gasteiger partial charge >= 0.3 is 0 Å². The van der Waals surface area contributed by atoms with Crippen molar-refractivity contribution in [3.05, 3.63) is 0 Å². The van der Waals surface area contributed by atoms with Gasteiger partial charge in [0.1, 0.15) is 0 Å². The van der Waals surface area contributed by atoms with Crippen LogP contribution in [0.4, 0.5) is 0 Å². The lowest BCUT2D eigenvalue weighted by atomic mass is 10.0. The summed E-state index contributed by atoms with van der Waals surface area (Å²) in [5, 5.41) is 6.24. The minimum Gasteiger partial charge on any atom is -0.355 e. The van der Waals surface area contributed by atoms with Crippen molar-refractivity contribution in [2.45, 2.75) is 53.6 Å². The van der Waals surface area contributed by atoms with Crippen molar-refractivity contribution >= 4 is 5.91 Å². The van der Waals surface area contributed by atoms with E-state index in [0.29, 0.717) is 12.6 Å². The molecule has 0 aromatic rings. The Morgan fingerprint density at radius 1 is 1.27 bits per heavy atom. The van der Waals surface area contributed by atoms with Crippen LogP contribution in [0.25, 0.3) is 0 Å². The molecule has 0 saturated heterocycles. The highest BCUT2D eigenvalue weighted by Gasteiger charge is 2.64. The summed E-state index contributed by atoms with van der Waals surface area (Å²) in [6.45, 7) is 13.5. The molecule has 88 valence electrons. The maximum Gasteiger partial charge on any atom is 0.236 e. The highest BCUT2D eigenvalue weighted by Crippen LogP contribution is 2.62. The molecule has 3 nitrogen and oxygen atoms in total. The third kappa shape index (κ3) is 2.03. The Hall–Kier alpha value is -0.570. The molecule has 0 aromatic heterocycles. The first kappa shape index (κ1) is 12.5. The Morgan fingerprint density at radius 3 is 2.07 bits per heavy atom. The van der Waals surface area contributed by atoms with Crippen LogP contribution in [0.2, 0.25) is 0 Å². The SMILES string of the molecule is CCNC(=O)C(C)NC1C(C)(C)C1(C)C. The third-order valence-electron chi connectivity index (χ3n) is 4.18. The fourth-order valence-corrected chi connectivity index (χ4v) is 2.27. The summed E-state index contributed by atoms with van der Waals surface area (Å²) in [6, 6.07) is 0.332. The van der Waals surface area contributed by atoms with Gasteiger partial charge in [-0.1, -0.05) is 27.7 Å². The van der Waals surface area contributed by atoms with Gasteiger partial charge in [0.2, 0.25) is 5.91 Å². The second kappa shape index (κ2) is 3.78. The molecular weight excluding hydrogens is 188 g/mol. The zero-order chi connectivity index (χ0) is 11.9. The van der Waals surface area contributed by atoms with E-state index in [1.807, 2.05) is 13.8 Å². The number of likely N-dealkylation sites (N-methyl/N-ethyl adjacent to an activating group) is 1. The van der Waals surface area contributed by atoms with Crippen LogP contribution < -0.4 is 10.6 Å². The number of rotatable bonds is 4. The second-order valence-corrected chi connectivity index (χ2v) is 5.66. The lowest BCUT2D eigenvalue weighted by molar-refractivity contribution is -0.122. The van der Waals surface area contributed by atoms with E-state index < -0.39 is 0 Å². The van der Waals surface area contributed by atoms with E-state index in [1.54, 1.807) is 0 Å². The zero-order valence-corrected chi connectivity index (χ0v) is 10.8. The van der Waals surface area contributed by atoms with E-state index in [-0.39, 0.29) is 22.8 Å². The van der Waals surface area contributed by atoms with Gasteiger partial charge in [-0.05, 0) is 24.7 Å². The summed E-state index contributed by atoms with van der Waals surface area (Å²) in [7, 11) is 0. The predicted molar refractivity (Wildman–Crippen MR) is 62.6 cm³/mol. The molecule has 15 heavy (non-hydrogen) atoms. The predicted octanol–water partition coefficient (Wildman–Crippen LogP) is 1.54. The zero-order valence-electron chi connectivity index (χ0n) is 10.8. The number of hydrogen-bond donors (Lipinski definition) is 2. The van der Waals surface area contributed by atoms with Crippen LogP contribution in [-0.2, 0) is 4.79 Å². The first-order valence-corrected chi connectivity index (χ1v) is 5.79. The molecule has 1 unspecified atom stereocenters. The minimum absolute atomic E-state index is 0.0935. The molecule has 1 rings (SSSR count). The molecule has 0 radical (unpaired) electrons. The van der Waals surface area contributed by atoms with E-state index in [4.69, 9.17) is 0 Å². The quantitative estimate of drug-likeness (QED) is 0.742. The molecule has 3 heteroatoms. The number of carbonyl (C=O) groups is 1. The summed E-state index contributed by atoms with van der Waals surface area (Å²) in [4.78, 5) is 11.6. The average molecular weight is 212 g/mol. The summed E-state index contributed by atoms with van der Waals surface area (Å²) in [5.41, 5.74) is 0.571. The number of nitrogens with one attached hydrogen (secondary N) is 2. The van der Waals surface area contributed by atoms with Gasteiger partial charge in [-0.3, -0.25) is 4.79 Å². The van der Waals surface area contributed by atoms with Gasteiger partial charge in [0.15, 0.2) is 0 Å². The molecule has 2 N–H and O–H groups in total. The molecule has 1 aliphatic carbocycles. The van der Waals surface area contributed by atoms with Gasteiger partial charge in [-0.25, -0.2) is 0 Å². The first-order valence-electron chi connectivity index (χ1n) is 5.79. The molecule has 1 aliphatic rings. The fourth-order valence-electron chi connectivity index (χ4n) is 2.27. The van der Waals surface area contributed by atoms with Gasteiger partial charge < -0.3 is 10.6 Å². The maximum atomic E-state index is 11.6. The highest BCUT2D eigenvalue weighted by molar-refractivity contribution is 5.81. The van der Waals surface area contributed by atoms with Crippen molar-refractivity contribution in [1.82, 2.24) is 10.6 Å². The molecule has 0 heterocycles. The summed E-state index contributed by atoms with van der Waals surface area (Å²) in [5.74, 6) is 0.0935. The van der Waals surface area contributed by atoms with E-state index in [9.17, 15) is 4.79 Å². The lowest BCUT2D eigenvalue weighted by Gasteiger charge is -2.14. The maximum absolute atomic E-state index is 11.6. The molecule has 0 bridgehead atoms. The van der Waals surface area contributed by atoms with Crippen molar-refractivity contribution in [1.29, 1.82) is 0 Å². The minimum atomic E-state index is -0.101. The topological polar surface area (TPSA) is 41.1 Å². The van der Waals surface area contributed by atoms with Gasteiger partial charge in [0.25, 0.3) is 0 Å². The lowest BCUT2D eigenvalue weighted by Crippen LogP contribution is -2.44. The van der Waals surface area contributed by atoms with E-state index in [1.165, 1.54) is 0 Å². The van der Waals surface area contributed by atoms with Crippen LogP contribution in [0.1, 0.15) is 41.5 Å². The summed E-state index contributed by atoms with van der Waals surface area (Å²) in [6.07, 6.45) is 0. The van der Waals surface area contributed by atoms with Crippen LogP contribution >= 0.6 is 0 Å². The molecular formula is C12H24N2O. The van der Waals surface area contributed by atoms with Crippen LogP contribution in [-0.4, -0.2) is 24.5 Å². The first-order chi connectivity index (χ1) is 6.75. The molecule has 0 aromatic carbocycles. The largest absolute Gasteiger partial charge is 0.355 e. The monoisotopic (exact) mass is 212 g/mol. The smallest absolute Gasteiger partial charge is 0.236 e. The Labute approximate surface area is 93.0 Å². The molecule has 0 spiro atoms. The fraction of sp³-hybridized carbons (Fsp3) is 0.917. The molecule has 1 saturated carbocycles. The van der Waals surface area contributed by atoms with Crippen molar-refractivity contribution in [2.24, 2.45) is 10.8 Å². The molecule has 1 atom stereocenters. The van der Waals surface area contributed by atoms with Gasteiger partial charge in [0.05, 0.1) is 6.04 Å². The number of amides is 1. The Morgan fingerprint density at radius 2 is 1.73 bits per heavy atom. The standard InChI is InChI=1S/C12H24N2O/c1-7-13-9(15)8(2)14-10-11(3,4)12(10,5)6/h8,10,14H,7H2,1-6H3,(H,13,15). The third-order valence-corrected chi connectivity index (χ3v) is 4.18. The molecule has 1 amide bonds.